The van der Waals surface area contributed by atoms with Crippen LogP contribution in [0.3, 0.4) is 0 Å². The van der Waals surface area contributed by atoms with E-state index in [0.29, 0.717) is 22.9 Å². The molecule has 9 heteroatoms. The van der Waals surface area contributed by atoms with Crippen molar-refractivity contribution in [1.82, 2.24) is 19.2 Å². The summed E-state index contributed by atoms with van der Waals surface area (Å²) in [5.41, 5.74) is 0.697. The standard InChI is InChI=1S/C18H20N6O3/c1-27-14-6-4-5-13(11-14)20-15(25)12-24-18(26)23-10-7-19-16(17(23)21-24)22-8-2-3-9-22/h4-7,10-11H,2-3,8-9,12H2,1H3,(H,20,25). The summed E-state index contributed by atoms with van der Waals surface area (Å²) >= 11 is 0. The van der Waals surface area contributed by atoms with Gasteiger partial charge in [-0.3, -0.25) is 4.79 Å². The molecule has 2 aromatic heterocycles. The first-order valence-electron chi connectivity index (χ1n) is 8.79. The number of aromatic nitrogens is 4. The third kappa shape index (κ3) is 3.35. The van der Waals surface area contributed by atoms with E-state index in [4.69, 9.17) is 4.74 Å². The van der Waals surface area contributed by atoms with Crippen LogP contribution in [0.25, 0.3) is 5.65 Å². The molecule has 0 spiro atoms. The van der Waals surface area contributed by atoms with Crippen molar-refractivity contribution in [2.45, 2.75) is 19.4 Å². The molecular weight excluding hydrogens is 348 g/mol. The fourth-order valence-corrected chi connectivity index (χ4v) is 3.23. The second kappa shape index (κ2) is 7.10. The lowest BCUT2D eigenvalue weighted by Crippen LogP contribution is -2.28. The zero-order valence-electron chi connectivity index (χ0n) is 15.0. The lowest BCUT2D eigenvalue weighted by atomic mass is 10.3. The lowest BCUT2D eigenvalue weighted by molar-refractivity contribution is -0.117. The molecule has 0 aliphatic carbocycles. The monoisotopic (exact) mass is 368 g/mol. The number of carbonyl (C=O) groups is 1. The maximum absolute atomic E-state index is 12.6. The average Bonchev–Trinajstić information content (AvgIpc) is 3.31. The smallest absolute Gasteiger partial charge is 0.350 e. The molecule has 3 aromatic rings. The van der Waals surface area contributed by atoms with Crippen LogP contribution in [-0.2, 0) is 11.3 Å². The number of anilines is 2. The Morgan fingerprint density at radius 1 is 1.30 bits per heavy atom. The molecule has 9 nitrogen and oxygen atoms in total. The van der Waals surface area contributed by atoms with E-state index in [0.717, 1.165) is 30.6 Å². The van der Waals surface area contributed by atoms with E-state index < -0.39 is 0 Å². The van der Waals surface area contributed by atoms with Crippen molar-refractivity contribution in [2.24, 2.45) is 0 Å². The molecule has 4 rings (SSSR count). The number of ether oxygens (including phenoxy) is 1. The number of fused-ring (bicyclic) bond motifs is 1. The van der Waals surface area contributed by atoms with Gasteiger partial charge in [0.15, 0.2) is 5.82 Å². The number of amides is 1. The Morgan fingerprint density at radius 3 is 2.89 bits per heavy atom. The van der Waals surface area contributed by atoms with E-state index in [1.807, 2.05) is 0 Å². The number of rotatable bonds is 5. The van der Waals surface area contributed by atoms with Gasteiger partial charge in [-0.1, -0.05) is 6.07 Å². The molecule has 0 bridgehead atoms. The Labute approximate surface area is 155 Å². The quantitative estimate of drug-likeness (QED) is 0.726. The molecule has 0 atom stereocenters. The number of nitrogens with zero attached hydrogens (tertiary/aromatic N) is 5. The summed E-state index contributed by atoms with van der Waals surface area (Å²) in [7, 11) is 1.56. The second-order valence-corrected chi connectivity index (χ2v) is 6.36. The summed E-state index contributed by atoms with van der Waals surface area (Å²) in [5.74, 6) is 0.975. The van der Waals surface area contributed by atoms with E-state index in [2.05, 4.69) is 20.3 Å². The van der Waals surface area contributed by atoms with E-state index in [9.17, 15) is 9.59 Å². The highest BCUT2D eigenvalue weighted by molar-refractivity contribution is 5.90. The molecule has 0 saturated carbocycles. The summed E-state index contributed by atoms with van der Waals surface area (Å²) in [6.07, 6.45) is 5.35. The van der Waals surface area contributed by atoms with E-state index in [-0.39, 0.29) is 18.1 Å². The first kappa shape index (κ1) is 17.1. The van der Waals surface area contributed by atoms with Gasteiger partial charge in [0.2, 0.25) is 11.6 Å². The number of hydrogen-bond acceptors (Lipinski definition) is 6. The van der Waals surface area contributed by atoms with Crippen LogP contribution in [0.5, 0.6) is 5.75 Å². The van der Waals surface area contributed by atoms with Gasteiger partial charge in [-0.2, -0.15) is 0 Å². The average molecular weight is 368 g/mol. The number of hydrogen-bond donors (Lipinski definition) is 1. The zero-order valence-corrected chi connectivity index (χ0v) is 15.0. The summed E-state index contributed by atoms with van der Waals surface area (Å²) in [5, 5.41) is 7.10. The topological polar surface area (TPSA) is 93.8 Å². The van der Waals surface area contributed by atoms with Gasteiger partial charge >= 0.3 is 5.69 Å². The third-order valence-corrected chi connectivity index (χ3v) is 4.54. The van der Waals surface area contributed by atoms with Gasteiger partial charge < -0.3 is 15.0 Å². The van der Waals surface area contributed by atoms with Crippen LogP contribution in [0.15, 0.2) is 41.5 Å². The first-order valence-corrected chi connectivity index (χ1v) is 8.79. The molecule has 1 amide bonds. The molecule has 1 aliphatic rings. The molecule has 1 saturated heterocycles. The molecular formula is C18H20N6O3. The SMILES string of the molecule is COc1cccc(NC(=O)Cn2nc3c(N4CCCC4)nccn3c2=O)c1. The fraction of sp³-hybridized carbons (Fsp3) is 0.333. The normalized spacial score (nSPS) is 13.9. The van der Waals surface area contributed by atoms with Crippen LogP contribution < -0.4 is 20.6 Å². The molecule has 1 aliphatic heterocycles. The molecule has 27 heavy (non-hydrogen) atoms. The number of methoxy groups -OCH3 is 1. The highest BCUT2D eigenvalue weighted by atomic mass is 16.5. The van der Waals surface area contributed by atoms with Gasteiger partial charge in [0.25, 0.3) is 0 Å². The van der Waals surface area contributed by atoms with Crippen LogP contribution in [0.4, 0.5) is 11.5 Å². The Hall–Kier alpha value is -3.36. The lowest BCUT2D eigenvalue weighted by Gasteiger charge is -2.15. The zero-order chi connectivity index (χ0) is 18.8. The first-order chi connectivity index (χ1) is 13.2. The largest absolute Gasteiger partial charge is 0.497 e. The second-order valence-electron chi connectivity index (χ2n) is 6.36. The Balaban J connectivity index is 1.58. The van der Waals surface area contributed by atoms with Crippen LogP contribution in [-0.4, -0.2) is 45.3 Å². The van der Waals surface area contributed by atoms with Gasteiger partial charge in [0.1, 0.15) is 12.3 Å². The Bertz CT molecular complexity index is 1030. The predicted octanol–water partition coefficient (Wildman–Crippen LogP) is 1.14. The maximum atomic E-state index is 12.6. The molecule has 1 N–H and O–H groups in total. The molecule has 1 aromatic carbocycles. The fourth-order valence-electron chi connectivity index (χ4n) is 3.23. The van der Waals surface area contributed by atoms with Crippen LogP contribution >= 0.6 is 0 Å². The van der Waals surface area contributed by atoms with Crippen molar-refractivity contribution >= 4 is 23.1 Å². The van der Waals surface area contributed by atoms with Gasteiger partial charge in [-0.15, -0.1) is 5.10 Å². The molecule has 140 valence electrons. The highest BCUT2D eigenvalue weighted by Gasteiger charge is 2.20. The van der Waals surface area contributed by atoms with Gasteiger partial charge in [0, 0.05) is 37.2 Å². The van der Waals surface area contributed by atoms with Crippen molar-refractivity contribution in [3.63, 3.8) is 0 Å². The van der Waals surface area contributed by atoms with E-state index in [1.54, 1.807) is 43.8 Å². The molecule has 3 heterocycles. The minimum atomic E-state index is -0.367. The summed E-state index contributed by atoms with van der Waals surface area (Å²) in [6, 6.07) is 7.02. The minimum absolute atomic E-state index is 0.183. The van der Waals surface area contributed by atoms with Crippen molar-refractivity contribution in [3.8, 4) is 5.75 Å². The van der Waals surface area contributed by atoms with Crippen molar-refractivity contribution < 1.29 is 9.53 Å². The van der Waals surface area contributed by atoms with Crippen LogP contribution in [0.1, 0.15) is 12.8 Å². The van der Waals surface area contributed by atoms with Crippen LogP contribution in [0, 0.1) is 0 Å². The highest BCUT2D eigenvalue weighted by Crippen LogP contribution is 2.20. The van der Waals surface area contributed by atoms with Gasteiger partial charge in [-0.05, 0) is 25.0 Å². The third-order valence-electron chi connectivity index (χ3n) is 4.54. The molecule has 0 radical (unpaired) electrons. The summed E-state index contributed by atoms with van der Waals surface area (Å²) in [6.45, 7) is 1.60. The van der Waals surface area contributed by atoms with Crippen molar-refractivity contribution in [1.29, 1.82) is 0 Å². The summed E-state index contributed by atoms with van der Waals surface area (Å²) in [4.78, 5) is 31.5. The van der Waals surface area contributed by atoms with E-state index in [1.165, 1.54) is 4.40 Å². The van der Waals surface area contributed by atoms with Crippen molar-refractivity contribution in [2.75, 3.05) is 30.4 Å². The number of benzene rings is 1. The Kier molecular flexibility index (Phi) is 4.49. The summed E-state index contributed by atoms with van der Waals surface area (Å²) < 4.78 is 7.73. The van der Waals surface area contributed by atoms with Crippen molar-refractivity contribution in [3.05, 3.63) is 47.1 Å². The molecule has 1 fully saturated rings. The van der Waals surface area contributed by atoms with Crippen LogP contribution in [0.2, 0.25) is 0 Å². The van der Waals surface area contributed by atoms with E-state index >= 15 is 0 Å². The number of nitrogens with one attached hydrogen (secondary N) is 1. The Morgan fingerprint density at radius 2 is 2.11 bits per heavy atom. The van der Waals surface area contributed by atoms with Gasteiger partial charge in [0.05, 0.1) is 7.11 Å². The molecule has 0 unspecified atom stereocenters. The maximum Gasteiger partial charge on any atom is 0.350 e. The van der Waals surface area contributed by atoms with Gasteiger partial charge in [-0.25, -0.2) is 18.9 Å². The number of carbonyl (C=O) groups excluding carboxylic acids is 1. The predicted molar refractivity (Wildman–Crippen MR) is 100 cm³/mol. The minimum Gasteiger partial charge on any atom is -0.497 e.